The molecule has 0 N–H and O–H groups in total. The Hall–Kier alpha value is -2.19. The first-order valence-electron chi connectivity index (χ1n) is 9.43. The molecule has 4 rings (SSSR count). The number of hydrogen-bond donors (Lipinski definition) is 0. The fourth-order valence-electron chi connectivity index (χ4n) is 4.23. The Bertz CT molecular complexity index is 860. The molecule has 29 heavy (non-hydrogen) atoms. The van der Waals surface area contributed by atoms with Gasteiger partial charge in [-0.1, -0.05) is 23.6 Å². The first-order chi connectivity index (χ1) is 13.8. The third-order valence-electron chi connectivity index (χ3n) is 5.62. The molecule has 1 aliphatic carbocycles. The molecule has 0 bridgehead atoms. The number of hydrogen-bond acceptors (Lipinski definition) is 2. The first-order valence-corrected chi connectivity index (χ1v) is 9.43. The molecule has 156 valence electrons. The molecular weight excluding hydrogens is 391 g/mol. The summed E-state index contributed by atoms with van der Waals surface area (Å²) in [6, 6.07) is 9.35. The van der Waals surface area contributed by atoms with Gasteiger partial charge in [-0.3, -0.25) is 4.90 Å². The summed E-state index contributed by atoms with van der Waals surface area (Å²) in [4.78, 5) is 2.13. The summed E-state index contributed by atoms with van der Waals surface area (Å²) in [7, 11) is 0. The normalized spacial score (nSPS) is 23.8. The van der Waals surface area contributed by atoms with E-state index >= 15 is 0 Å². The molecule has 1 saturated carbocycles. The highest BCUT2D eigenvalue weighted by Gasteiger charge is 2.53. The highest BCUT2D eigenvalue weighted by atomic mass is 19.4. The predicted molar refractivity (Wildman–Crippen MR) is 97.2 cm³/mol. The monoisotopic (exact) mass is 411 g/mol. The number of likely N-dealkylation sites (tertiary alicyclic amines) is 1. The summed E-state index contributed by atoms with van der Waals surface area (Å²) < 4.78 is 67.9. The minimum Gasteiger partial charge on any atom is -0.658 e. The van der Waals surface area contributed by atoms with Gasteiger partial charge in [-0.25, -0.2) is 8.78 Å². The molecule has 2 aromatic rings. The Balaban J connectivity index is 1.20. The van der Waals surface area contributed by atoms with Gasteiger partial charge in [0.05, 0.1) is 0 Å². The van der Waals surface area contributed by atoms with Crippen LogP contribution in [0.15, 0.2) is 42.5 Å². The second kappa shape index (κ2) is 7.91. The quantitative estimate of drug-likeness (QED) is 0.592. The number of ether oxygens (including phenoxy) is 1. The summed E-state index contributed by atoms with van der Waals surface area (Å²) in [6.07, 6.45) is -4.71. The van der Waals surface area contributed by atoms with Crippen molar-refractivity contribution in [2.75, 3.05) is 19.6 Å². The molecule has 1 saturated heterocycles. The van der Waals surface area contributed by atoms with Gasteiger partial charge in [0, 0.05) is 25.2 Å². The predicted octanol–water partition coefficient (Wildman–Crippen LogP) is 5.12. The lowest BCUT2D eigenvalue weighted by Crippen LogP contribution is -2.25. The SMILES string of the molecule is Fc1ccc(F)c(CN2CC3C(C[N-]Cc4cccc(OC(F)(F)F)c4)C3C2)c1. The average molecular weight is 411 g/mol. The Labute approximate surface area is 165 Å². The summed E-state index contributed by atoms with van der Waals surface area (Å²) in [5, 5.41) is 4.49. The molecule has 0 aromatic heterocycles. The van der Waals surface area contributed by atoms with Gasteiger partial charge in [0.2, 0.25) is 0 Å². The molecule has 2 aromatic carbocycles. The van der Waals surface area contributed by atoms with Gasteiger partial charge >= 0.3 is 6.36 Å². The van der Waals surface area contributed by atoms with Crippen LogP contribution in [0.4, 0.5) is 22.0 Å². The lowest BCUT2D eigenvalue weighted by molar-refractivity contribution is -0.274. The largest absolute Gasteiger partial charge is 0.658 e. The Morgan fingerprint density at radius 1 is 1.03 bits per heavy atom. The van der Waals surface area contributed by atoms with Crippen LogP contribution in [0.1, 0.15) is 11.1 Å². The molecule has 1 heterocycles. The first kappa shape index (κ1) is 20.1. The van der Waals surface area contributed by atoms with Gasteiger partial charge in [-0.2, -0.15) is 0 Å². The average Bonchev–Trinajstić information content (AvgIpc) is 3.08. The van der Waals surface area contributed by atoms with Crippen LogP contribution >= 0.6 is 0 Å². The number of benzene rings is 2. The smallest absolute Gasteiger partial charge is 0.573 e. The van der Waals surface area contributed by atoms with E-state index < -0.39 is 18.0 Å². The number of rotatable bonds is 7. The van der Waals surface area contributed by atoms with Crippen molar-refractivity contribution in [2.24, 2.45) is 17.8 Å². The molecule has 8 heteroatoms. The summed E-state index contributed by atoms with van der Waals surface area (Å²) in [5.74, 6) is 0.375. The lowest BCUT2D eigenvalue weighted by Gasteiger charge is -2.24. The molecule has 2 aliphatic rings. The second-order valence-electron chi connectivity index (χ2n) is 7.68. The standard InChI is InChI=1S/C21H20F5N2O/c22-15-4-5-20(23)14(7-15)10-28-11-18-17(19(18)12-28)9-27-8-13-2-1-3-16(6-13)29-21(24,25)26/h1-7,17-19H,8-12H2/q-1. The minimum absolute atomic E-state index is 0.242. The molecule has 0 spiro atoms. The maximum atomic E-state index is 13.8. The highest BCUT2D eigenvalue weighted by Crippen LogP contribution is 2.52. The molecule has 1 aliphatic heterocycles. The fraction of sp³-hybridized carbons (Fsp3) is 0.429. The van der Waals surface area contributed by atoms with E-state index in [1.807, 2.05) is 0 Å². The van der Waals surface area contributed by atoms with Crippen molar-refractivity contribution in [1.29, 1.82) is 0 Å². The van der Waals surface area contributed by atoms with Gasteiger partial charge in [-0.05, 0) is 42.2 Å². The summed E-state index contributed by atoms with van der Waals surface area (Å²) >= 11 is 0. The number of alkyl halides is 3. The molecule has 2 unspecified atom stereocenters. The van der Waals surface area contributed by atoms with E-state index in [9.17, 15) is 22.0 Å². The maximum absolute atomic E-state index is 13.8. The molecule has 0 radical (unpaired) electrons. The summed E-state index contributed by atoms with van der Waals surface area (Å²) in [6.45, 7) is 3.04. The van der Waals surface area contributed by atoms with E-state index in [4.69, 9.17) is 0 Å². The van der Waals surface area contributed by atoms with Crippen LogP contribution in [0.25, 0.3) is 5.32 Å². The minimum atomic E-state index is -4.71. The van der Waals surface area contributed by atoms with E-state index in [-0.39, 0.29) is 5.75 Å². The van der Waals surface area contributed by atoms with Gasteiger partial charge < -0.3 is 10.1 Å². The van der Waals surface area contributed by atoms with E-state index in [0.717, 1.165) is 25.2 Å². The van der Waals surface area contributed by atoms with Gasteiger partial charge in [-0.15, -0.1) is 26.3 Å². The number of nitrogens with zero attached hydrogens (tertiary/aromatic N) is 2. The Morgan fingerprint density at radius 2 is 1.79 bits per heavy atom. The van der Waals surface area contributed by atoms with Crippen molar-refractivity contribution in [3.63, 3.8) is 0 Å². The number of fused-ring (bicyclic) bond motifs is 1. The van der Waals surface area contributed by atoms with Crippen LogP contribution in [0.3, 0.4) is 0 Å². The third-order valence-corrected chi connectivity index (χ3v) is 5.62. The molecule has 2 fully saturated rings. The van der Waals surface area contributed by atoms with Crippen LogP contribution in [0.5, 0.6) is 5.75 Å². The Kier molecular flexibility index (Phi) is 5.48. The maximum Gasteiger partial charge on any atom is 0.573 e. The van der Waals surface area contributed by atoms with Crippen molar-refractivity contribution in [3.05, 3.63) is 70.5 Å². The van der Waals surface area contributed by atoms with Crippen molar-refractivity contribution >= 4 is 0 Å². The zero-order valence-corrected chi connectivity index (χ0v) is 15.5. The highest BCUT2D eigenvalue weighted by molar-refractivity contribution is 5.30. The van der Waals surface area contributed by atoms with Crippen LogP contribution in [0.2, 0.25) is 0 Å². The van der Waals surface area contributed by atoms with Gasteiger partial charge in [0.1, 0.15) is 17.4 Å². The third kappa shape index (κ3) is 5.05. The van der Waals surface area contributed by atoms with E-state index in [0.29, 0.717) is 48.5 Å². The van der Waals surface area contributed by atoms with Gasteiger partial charge in [0.25, 0.3) is 0 Å². The molecule has 2 atom stereocenters. The van der Waals surface area contributed by atoms with Crippen LogP contribution in [0, 0.1) is 29.4 Å². The summed E-state index contributed by atoms with van der Waals surface area (Å²) in [5.41, 5.74) is 1.04. The second-order valence-corrected chi connectivity index (χ2v) is 7.68. The lowest BCUT2D eigenvalue weighted by atomic mass is 10.1. The topological polar surface area (TPSA) is 26.6 Å². The van der Waals surface area contributed by atoms with Crippen molar-refractivity contribution < 1.29 is 26.7 Å². The zero-order chi connectivity index (χ0) is 20.6. The van der Waals surface area contributed by atoms with Crippen molar-refractivity contribution in [1.82, 2.24) is 4.90 Å². The molecule has 3 nitrogen and oxygen atoms in total. The van der Waals surface area contributed by atoms with Crippen LogP contribution < -0.4 is 4.74 Å². The molecular formula is C21H20F5N2O-. The number of halogens is 5. The fourth-order valence-corrected chi connectivity index (χ4v) is 4.23. The van der Waals surface area contributed by atoms with E-state index in [2.05, 4.69) is 15.0 Å². The van der Waals surface area contributed by atoms with E-state index in [1.54, 1.807) is 6.07 Å². The van der Waals surface area contributed by atoms with E-state index in [1.165, 1.54) is 24.3 Å². The zero-order valence-electron chi connectivity index (χ0n) is 15.5. The Morgan fingerprint density at radius 3 is 2.52 bits per heavy atom. The molecule has 0 amide bonds. The van der Waals surface area contributed by atoms with Crippen LogP contribution in [-0.4, -0.2) is 30.9 Å². The van der Waals surface area contributed by atoms with Crippen LogP contribution in [-0.2, 0) is 13.1 Å². The van der Waals surface area contributed by atoms with Gasteiger partial charge in [0.15, 0.2) is 0 Å². The van der Waals surface area contributed by atoms with Crippen molar-refractivity contribution in [2.45, 2.75) is 19.5 Å². The van der Waals surface area contributed by atoms with Crippen molar-refractivity contribution in [3.8, 4) is 5.75 Å². The number of piperidine rings is 1.